The van der Waals surface area contributed by atoms with Crippen LogP contribution in [-0.4, -0.2) is 49.2 Å². The summed E-state index contributed by atoms with van der Waals surface area (Å²) >= 11 is 1.30. The van der Waals surface area contributed by atoms with E-state index in [4.69, 9.17) is 0 Å². The van der Waals surface area contributed by atoms with Crippen LogP contribution in [-0.2, 0) is 13.1 Å². The largest absolute Gasteiger partial charge is 0.297 e. The lowest BCUT2D eigenvalue weighted by molar-refractivity contribution is 0.123. The van der Waals surface area contributed by atoms with Crippen molar-refractivity contribution in [3.63, 3.8) is 0 Å². The summed E-state index contributed by atoms with van der Waals surface area (Å²) in [5.41, 5.74) is 4.72. The molecule has 5 nitrogen and oxygen atoms in total. The van der Waals surface area contributed by atoms with Gasteiger partial charge in [0.15, 0.2) is 0 Å². The third-order valence-corrected chi connectivity index (χ3v) is 6.29. The number of aromatic nitrogens is 3. The standard InChI is InChI=1S/C20H23N5S/c1-2-16(9-21-7-1)10-24-11-17-3-5-18(14-24)25(13-17)12-15-4-6-19-20(8-15)23-26-22-19/h1-2,4,6-9,17-18H,3,5,10-14H2/t17-,18+/m0/s1. The molecule has 0 aliphatic carbocycles. The molecule has 0 spiro atoms. The lowest BCUT2D eigenvalue weighted by Gasteiger charge is -2.36. The lowest BCUT2D eigenvalue weighted by atomic mass is 9.94. The quantitative estimate of drug-likeness (QED) is 0.710. The van der Waals surface area contributed by atoms with Gasteiger partial charge in [-0.1, -0.05) is 12.1 Å². The van der Waals surface area contributed by atoms with E-state index >= 15 is 0 Å². The summed E-state index contributed by atoms with van der Waals surface area (Å²) in [5.74, 6) is 0.773. The van der Waals surface area contributed by atoms with Crippen molar-refractivity contribution in [2.45, 2.75) is 32.0 Å². The zero-order valence-electron chi connectivity index (χ0n) is 14.8. The molecule has 3 aromatic rings. The number of fused-ring (bicyclic) bond motifs is 5. The fourth-order valence-corrected chi connectivity index (χ4v) is 5.03. The Labute approximate surface area is 158 Å². The maximum absolute atomic E-state index is 4.40. The van der Waals surface area contributed by atoms with Gasteiger partial charge < -0.3 is 0 Å². The highest BCUT2D eigenvalue weighted by Gasteiger charge is 2.34. The molecule has 3 fully saturated rings. The minimum Gasteiger partial charge on any atom is -0.297 e. The molecule has 2 aromatic heterocycles. The van der Waals surface area contributed by atoms with E-state index in [9.17, 15) is 0 Å². The molecule has 2 bridgehead atoms. The third kappa shape index (κ3) is 3.37. The zero-order chi connectivity index (χ0) is 17.3. The Morgan fingerprint density at radius 1 is 0.962 bits per heavy atom. The van der Waals surface area contributed by atoms with Gasteiger partial charge in [-0.05, 0) is 48.1 Å². The van der Waals surface area contributed by atoms with E-state index in [2.05, 4.69) is 47.8 Å². The van der Waals surface area contributed by atoms with Crippen LogP contribution in [0, 0.1) is 5.92 Å². The van der Waals surface area contributed by atoms with Gasteiger partial charge in [-0.25, -0.2) is 0 Å². The van der Waals surface area contributed by atoms with Crippen molar-refractivity contribution in [3.05, 3.63) is 53.9 Å². The topological polar surface area (TPSA) is 45.2 Å². The van der Waals surface area contributed by atoms with E-state index in [0.29, 0.717) is 6.04 Å². The van der Waals surface area contributed by atoms with Crippen LogP contribution in [0.25, 0.3) is 11.0 Å². The molecule has 6 heteroatoms. The molecule has 3 saturated heterocycles. The molecule has 0 unspecified atom stereocenters. The Bertz CT molecular complexity index is 880. The van der Waals surface area contributed by atoms with E-state index in [1.807, 2.05) is 18.5 Å². The Morgan fingerprint density at radius 3 is 2.85 bits per heavy atom. The lowest BCUT2D eigenvalue weighted by Crippen LogP contribution is -2.43. The molecule has 3 aliphatic heterocycles. The molecule has 6 rings (SSSR count). The number of pyridine rings is 1. The maximum atomic E-state index is 4.40. The van der Waals surface area contributed by atoms with Crippen LogP contribution in [0.1, 0.15) is 24.0 Å². The summed E-state index contributed by atoms with van der Waals surface area (Å²) in [7, 11) is 0. The van der Waals surface area contributed by atoms with Crippen LogP contribution < -0.4 is 0 Å². The first-order chi connectivity index (χ1) is 12.8. The van der Waals surface area contributed by atoms with Crippen LogP contribution in [0.4, 0.5) is 0 Å². The van der Waals surface area contributed by atoms with Crippen LogP contribution in [0.2, 0.25) is 0 Å². The number of benzene rings is 1. The average molecular weight is 366 g/mol. The fourth-order valence-electron chi connectivity index (χ4n) is 4.51. The molecule has 3 aliphatic rings. The molecular formula is C20H23N5S. The van der Waals surface area contributed by atoms with Crippen molar-refractivity contribution >= 4 is 22.8 Å². The highest BCUT2D eigenvalue weighted by Crippen LogP contribution is 2.30. The minimum absolute atomic E-state index is 0.648. The highest BCUT2D eigenvalue weighted by molar-refractivity contribution is 7.00. The predicted molar refractivity (Wildman–Crippen MR) is 104 cm³/mol. The normalized spacial score (nSPS) is 24.2. The third-order valence-electron chi connectivity index (χ3n) is 5.74. The van der Waals surface area contributed by atoms with Crippen molar-refractivity contribution < 1.29 is 0 Å². The Kier molecular flexibility index (Phi) is 4.40. The number of nitrogens with zero attached hydrogens (tertiary/aromatic N) is 5. The molecule has 134 valence electrons. The summed E-state index contributed by atoms with van der Waals surface area (Å²) in [6.07, 6.45) is 6.53. The van der Waals surface area contributed by atoms with E-state index in [0.717, 1.165) is 36.6 Å². The smallest absolute Gasteiger partial charge is 0.105 e. The van der Waals surface area contributed by atoms with Crippen molar-refractivity contribution in [1.29, 1.82) is 0 Å². The van der Waals surface area contributed by atoms with Crippen molar-refractivity contribution in [1.82, 2.24) is 23.5 Å². The summed E-state index contributed by atoms with van der Waals surface area (Å²) in [5, 5.41) is 0. The molecule has 2 atom stereocenters. The summed E-state index contributed by atoms with van der Waals surface area (Å²) in [6, 6.07) is 11.4. The van der Waals surface area contributed by atoms with E-state index in [1.165, 1.54) is 48.8 Å². The van der Waals surface area contributed by atoms with Crippen LogP contribution in [0.5, 0.6) is 0 Å². The second-order valence-corrected chi connectivity index (χ2v) is 8.20. The molecule has 0 saturated carbocycles. The Hall–Kier alpha value is -1.89. The fraction of sp³-hybridized carbons (Fsp3) is 0.450. The monoisotopic (exact) mass is 365 g/mol. The number of rotatable bonds is 4. The van der Waals surface area contributed by atoms with Gasteiger partial charge in [0.2, 0.25) is 0 Å². The summed E-state index contributed by atoms with van der Waals surface area (Å²) in [4.78, 5) is 9.60. The van der Waals surface area contributed by atoms with Crippen molar-refractivity contribution in [2.75, 3.05) is 19.6 Å². The van der Waals surface area contributed by atoms with Crippen molar-refractivity contribution in [2.24, 2.45) is 5.92 Å². The Balaban J connectivity index is 1.30. The molecule has 0 N–H and O–H groups in total. The van der Waals surface area contributed by atoms with E-state index in [-0.39, 0.29) is 0 Å². The first-order valence-corrected chi connectivity index (χ1v) is 10.1. The van der Waals surface area contributed by atoms with Gasteiger partial charge >= 0.3 is 0 Å². The zero-order valence-corrected chi connectivity index (χ0v) is 15.6. The second kappa shape index (κ2) is 7.02. The van der Waals surface area contributed by atoms with Gasteiger partial charge in [-0.3, -0.25) is 14.8 Å². The molecule has 26 heavy (non-hydrogen) atoms. The maximum Gasteiger partial charge on any atom is 0.105 e. The van der Waals surface area contributed by atoms with Gasteiger partial charge in [0, 0.05) is 51.2 Å². The Morgan fingerprint density at radius 2 is 1.92 bits per heavy atom. The van der Waals surface area contributed by atoms with E-state index < -0.39 is 0 Å². The highest BCUT2D eigenvalue weighted by atomic mass is 32.1. The predicted octanol–water partition coefficient (Wildman–Crippen LogP) is 3.18. The molecule has 0 amide bonds. The first kappa shape index (κ1) is 16.3. The number of hydrogen-bond donors (Lipinski definition) is 0. The SMILES string of the molecule is c1cncc(CN2C[C@@H]3CC[C@H](C2)N(Cc2ccc4nsnc4c2)C3)c1. The van der Waals surface area contributed by atoms with Gasteiger partial charge in [0.1, 0.15) is 11.0 Å². The summed E-state index contributed by atoms with van der Waals surface area (Å²) in [6.45, 7) is 5.62. The second-order valence-electron chi connectivity index (χ2n) is 7.67. The van der Waals surface area contributed by atoms with Crippen molar-refractivity contribution in [3.8, 4) is 0 Å². The number of piperidine rings is 1. The van der Waals surface area contributed by atoms with Crippen LogP contribution in [0.15, 0.2) is 42.7 Å². The minimum atomic E-state index is 0.648. The molecule has 5 heterocycles. The number of hydrogen-bond acceptors (Lipinski definition) is 6. The first-order valence-electron chi connectivity index (χ1n) is 9.40. The molecule has 0 radical (unpaired) electrons. The van der Waals surface area contributed by atoms with E-state index in [1.54, 1.807) is 0 Å². The van der Waals surface area contributed by atoms with Gasteiger partial charge in [-0.15, -0.1) is 0 Å². The van der Waals surface area contributed by atoms with Crippen LogP contribution in [0.3, 0.4) is 0 Å². The van der Waals surface area contributed by atoms with Crippen LogP contribution >= 0.6 is 11.7 Å². The molecular weight excluding hydrogens is 342 g/mol. The molecule has 1 aromatic carbocycles. The van der Waals surface area contributed by atoms with Gasteiger partial charge in [-0.2, -0.15) is 8.75 Å². The van der Waals surface area contributed by atoms with Gasteiger partial charge in [0.05, 0.1) is 11.7 Å². The van der Waals surface area contributed by atoms with Gasteiger partial charge in [0.25, 0.3) is 0 Å². The average Bonchev–Trinajstić information content (AvgIpc) is 2.96. The summed E-state index contributed by atoms with van der Waals surface area (Å²) < 4.78 is 8.71.